The van der Waals surface area contributed by atoms with E-state index in [1.54, 1.807) is 18.7 Å². The number of hydrogen-bond acceptors (Lipinski definition) is 2. The van der Waals surface area contributed by atoms with E-state index in [1.807, 2.05) is 38.1 Å². The Hall–Kier alpha value is -0.470. The Morgan fingerprint density at radius 3 is 2.21 bits per heavy atom. The van der Waals surface area contributed by atoms with Gasteiger partial charge in [0.1, 0.15) is 5.78 Å². The highest BCUT2D eigenvalue weighted by molar-refractivity contribution is 8.01. The number of carbonyl (C=O) groups excluding carboxylic acids is 1. The molecule has 0 N–H and O–H groups in total. The van der Waals surface area contributed by atoms with Crippen LogP contribution in [-0.4, -0.2) is 10.5 Å². The van der Waals surface area contributed by atoms with Crippen LogP contribution in [0.2, 0.25) is 5.02 Å². The lowest BCUT2D eigenvalue weighted by Gasteiger charge is -2.20. The minimum absolute atomic E-state index is 0.178. The summed E-state index contributed by atoms with van der Waals surface area (Å²) in [5.41, 5.74) is 0. The fraction of sp³-hybridized carbons (Fsp3) is 0.364. The Morgan fingerprint density at radius 1 is 1.29 bits per heavy atom. The highest BCUT2D eigenvalue weighted by atomic mass is 35.5. The zero-order valence-corrected chi connectivity index (χ0v) is 10.1. The fourth-order valence-corrected chi connectivity index (χ4v) is 2.00. The third-order valence-corrected chi connectivity index (χ3v) is 3.59. The molecule has 0 atom stereocenters. The molecule has 0 radical (unpaired) electrons. The molecule has 0 bridgehead atoms. The lowest BCUT2D eigenvalue weighted by Crippen LogP contribution is -2.24. The second kappa shape index (κ2) is 4.37. The first-order chi connectivity index (χ1) is 6.42. The van der Waals surface area contributed by atoms with E-state index in [1.165, 1.54) is 0 Å². The predicted octanol–water partition coefficient (Wildman–Crippen LogP) is 3.80. The lowest BCUT2D eigenvalue weighted by molar-refractivity contribution is -0.118. The molecule has 0 fully saturated rings. The van der Waals surface area contributed by atoms with Gasteiger partial charge in [0.25, 0.3) is 0 Å². The van der Waals surface area contributed by atoms with Crippen molar-refractivity contribution in [1.29, 1.82) is 0 Å². The molecule has 0 aliphatic heterocycles. The molecule has 0 saturated carbocycles. The lowest BCUT2D eigenvalue weighted by atomic mass is 10.1. The monoisotopic (exact) mass is 228 g/mol. The van der Waals surface area contributed by atoms with Crippen molar-refractivity contribution < 1.29 is 4.79 Å². The van der Waals surface area contributed by atoms with Gasteiger partial charge in [-0.15, -0.1) is 11.8 Å². The topological polar surface area (TPSA) is 17.1 Å². The van der Waals surface area contributed by atoms with E-state index < -0.39 is 0 Å². The van der Waals surface area contributed by atoms with Gasteiger partial charge < -0.3 is 0 Å². The molecule has 0 unspecified atom stereocenters. The molecule has 0 aromatic heterocycles. The highest BCUT2D eigenvalue weighted by Gasteiger charge is 2.24. The van der Waals surface area contributed by atoms with Crippen LogP contribution in [0.4, 0.5) is 0 Å². The Bertz CT molecular complexity index is 330. The Morgan fingerprint density at radius 2 is 1.79 bits per heavy atom. The van der Waals surface area contributed by atoms with Crippen molar-refractivity contribution in [3.05, 3.63) is 29.3 Å². The van der Waals surface area contributed by atoms with Crippen LogP contribution in [0, 0.1) is 0 Å². The number of benzene rings is 1. The van der Waals surface area contributed by atoms with Gasteiger partial charge in [0.2, 0.25) is 0 Å². The number of thioether (sulfide) groups is 1. The molecule has 0 spiro atoms. The van der Waals surface area contributed by atoms with Crippen LogP contribution >= 0.6 is 23.4 Å². The highest BCUT2D eigenvalue weighted by Crippen LogP contribution is 2.33. The average molecular weight is 229 g/mol. The van der Waals surface area contributed by atoms with Crippen molar-refractivity contribution in [3.63, 3.8) is 0 Å². The van der Waals surface area contributed by atoms with Crippen molar-refractivity contribution in [2.45, 2.75) is 30.4 Å². The first kappa shape index (κ1) is 11.6. The van der Waals surface area contributed by atoms with Crippen LogP contribution in [0.3, 0.4) is 0 Å². The number of carbonyl (C=O) groups is 1. The van der Waals surface area contributed by atoms with Crippen LogP contribution in [0.5, 0.6) is 0 Å². The van der Waals surface area contributed by atoms with Gasteiger partial charge in [0, 0.05) is 9.92 Å². The SMILES string of the molecule is CC(=O)C(C)(C)Sc1ccc(Cl)cc1. The number of ketones is 1. The van der Waals surface area contributed by atoms with E-state index in [0.717, 1.165) is 9.92 Å². The summed E-state index contributed by atoms with van der Waals surface area (Å²) < 4.78 is -0.367. The third kappa shape index (κ3) is 3.03. The second-order valence-corrected chi connectivity index (χ2v) is 5.76. The normalized spacial score (nSPS) is 11.4. The van der Waals surface area contributed by atoms with Crippen LogP contribution in [-0.2, 0) is 4.79 Å². The van der Waals surface area contributed by atoms with Crippen LogP contribution in [0.15, 0.2) is 29.2 Å². The van der Waals surface area contributed by atoms with Crippen LogP contribution in [0.1, 0.15) is 20.8 Å². The zero-order valence-electron chi connectivity index (χ0n) is 8.50. The molecular weight excluding hydrogens is 216 g/mol. The summed E-state index contributed by atoms with van der Waals surface area (Å²) in [6.07, 6.45) is 0. The molecule has 1 rings (SSSR count). The molecule has 3 heteroatoms. The van der Waals surface area contributed by atoms with E-state index in [9.17, 15) is 4.79 Å². The van der Waals surface area contributed by atoms with Gasteiger partial charge in [0.15, 0.2) is 0 Å². The molecule has 0 aliphatic rings. The molecule has 0 aliphatic carbocycles. The number of rotatable bonds is 3. The molecule has 1 aromatic carbocycles. The van der Waals surface area contributed by atoms with E-state index in [4.69, 9.17) is 11.6 Å². The van der Waals surface area contributed by atoms with Crippen molar-refractivity contribution in [1.82, 2.24) is 0 Å². The van der Waals surface area contributed by atoms with E-state index in [0.29, 0.717) is 0 Å². The summed E-state index contributed by atoms with van der Waals surface area (Å²) in [5, 5.41) is 0.718. The van der Waals surface area contributed by atoms with Gasteiger partial charge in [-0.2, -0.15) is 0 Å². The van der Waals surface area contributed by atoms with Crippen LogP contribution in [0.25, 0.3) is 0 Å². The maximum atomic E-state index is 11.3. The minimum atomic E-state index is -0.367. The van der Waals surface area contributed by atoms with Crippen LogP contribution < -0.4 is 0 Å². The summed E-state index contributed by atoms with van der Waals surface area (Å²) in [5.74, 6) is 0.178. The van der Waals surface area contributed by atoms with Gasteiger partial charge in [-0.05, 0) is 45.0 Å². The van der Waals surface area contributed by atoms with Gasteiger partial charge >= 0.3 is 0 Å². The molecule has 0 amide bonds. The van der Waals surface area contributed by atoms with E-state index >= 15 is 0 Å². The first-order valence-electron chi connectivity index (χ1n) is 4.37. The quantitative estimate of drug-likeness (QED) is 0.732. The van der Waals surface area contributed by atoms with Gasteiger partial charge in [-0.25, -0.2) is 0 Å². The summed E-state index contributed by atoms with van der Waals surface area (Å²) >= 11 is 7.32. The zero-order chi connectivity index (χ0) is 10.8. The molecule has 76 valence electrons. The van der Waals surface area contributed by atoms with Crippen molar-refractivity contribution in [2.75, 3.05) is 0 Å². The standard InChI is InChI=1S/C11H13ClOS/c1-8(13)11(2,3)14-10-6-4-9(12)5-7-10/h4-7H,1-3H3. The average Bonchev–Trinajstić information content (AvgIpc) is 2.08. The maximum Gasteiger partial charge on any atom is 0.145 e. The van der Waals surface area contributed by atoms with E-state index in [2.05, 4.69) is 0 Å². The van der Waals surface area contributed by atoms with Gasteiger partial charge in [-0.3, -0.25) is 4.79 Å². The second-order valence-electron chi connectivity index (χ2n) is 3.62. The minimum Gasteiger partial charge on any atom is -0.298 e. The molecular formula is C11H13ClOS. The molecule has 0 saturated heterocycles. The third-order valence-electron chi connectivity index (χ3n) is 2.03. The van der Waals surface area contributed by atoms with Crippen molar-refractivity contribution >= 4 is 29.1 Å². The number of halogens is 1. The van der Waals surface area contributed by atoms with Gasteiger partial charge in [-0.1, -0.05) is 11.6 Å². The molecule has 0 heterocycles. The molecule has 14 heavy (non-hydrogen) atoms. The Labute approximate surface area is 93.8 Å². The first-order valence-corrected chi connectivity index (χ1v) is 5.57. The Kier molecular flexibility index (Phi) is 3.62. The van der Waals surface area contributed by atoms with E-state index in [-0.39, 0.29) is 10.5 Å². The number of Topliss-reactive ketones (excluding diaryl/α,β-unsaturated/α-hetero) is 1. The predicted molar refractivity (Wildman–Crippen MR) is 62.1 cm³/mol. The van der Waals surface area contributed by atoms with Crippen molar-refractivity contribution in [3.8, 4) is 0 Å². The fourth-order valence-electron chi connectivity index (χ4n) is 0.869. The summed E-state index contributed by atoms with van der Waals surface area (Å²) in [7, 11) is 0. The Balaban J connectivity index is 2.79. The molecule has 1 aromatic rings. The molecule has 1 nitrogen and oxygen atoms in total. The summed E-state index contributed by atoms with van der Waals surface area (Å²) in [6, 6.07) is 7.52. The maximum absolute atomic E-state index is 11.3. The summed E-state index contributed by atoms with van der Waals surface area (Å²) in [6.45, 7) is 5.46. The largest absolute Gasteiger partial charge is 0.298 e. The summed E-state index contributed by atoms with van der Waals surface area (Å²) in [4.78, 5) is 12.4. The van der Waals surface area contributed by atoms with Gasteiger partial charge in [0.05, 0.1) is 4.75 Å². The number of hydrogen-bond donors (Lipinski definition) is 0. The van der Waals surface area contributed by atoms with Crippen molar-refractivity contribution in [2.24, 2.45) is 0 Å². The smallest absolute Gasteiger partial charge is 0.145 e.